The molecule has 9 nitrogen and oxygen atoms in total. The summed E-state index contributed by atoms with van der Waals surface area (Å²) in [6.45, 7) is 7.84. The zero-order chi connectivity index (χ0) is 24.9. The van der Waals surface area contributed by atoms with Gasteiger partial charge in [0.25, 0.3) is 0 Å². The predicted octanol–water partition coefficient (Wildman–Crippen LogP) is 4.32. The fraction of sp³-hybridized carbons (Fsp3) is 0.520. The number of benzene rings is 1. The molecule has 1 aromatic carbocycles. The summed E-state index contributed by atoms with van der Waals surface area (Å²) in [5.74, 6) is 2.22. The zero-order valence-electron chi connectivity index (χ0n) is 20.3. The smallest absolute Gasteiger partial charge is 0.322 e. The first kappa shape index (κ1) is 23.4. The summed E-state index contributed by atoms with van der Waals surface area (Å²) in [5, 5.41) is 8.61. The van der Waals surface area contributed by atoms with Gasteiger partial charge in [0.15, 0.2) is 0 Å². The van der Waals surface area contributed by atoms with Gasteiger partial charge in [-0.15, -0.1) is 5.10 Å². The molecule has 6 rings (SSSR count). The van der Waals surface area contributed by atoms with E-state index in [0.717, 1.165) is 37.4 Å². The predicted molar refractivity (Wildman–Crippen MR) is 133 cm³/mol. The SMILES string of the molecule is Cc1cc(N2C[C@H]3CC[C@@H](C2)[C@H]3Nc2nc(Oc3cc(F)cc(Cl)c3)n(CC3(C)COC3)n2)ncn1. The molecule has 3 atom stereocenters. The molecule has 3 aromatic rings. The lowest BCUT2D eigenvalue weighted by molar-refractivity contribution is -0.112. The van der Waals surface area contributed by atoms with Gasteiger partial charge in [0, 0.05) is 47.4 Å². The van der Waals surface area contributed by atoms with E-state index in [2.05, 4.69) is 32.1 Å². The van der Waals surface area contributed by atoms with Crippen molar-refractivity contribution in [3.8, 4) is 11.8 Å². The molecule has 3 aliphatic rings. The van der Waals surface area contributed by atoms with Gasteiger partial charge in [-0.1, -0.05) is 18.5 Å². The molecular weight excluding hydrogens is 485 g/mol. The molecule has 3 fully saturated rings. The minimum absolute atomic E-state index is 0.0529. The molecule has 2 bridgehead atoms. The van der Waals surface area contributed by atoms with E-state index in [-0.39, 0.29) is 22.2 Å². The third-order valence-electron chi connectivity index (χ3n) is 7.36. The molecule has 2 aliphatic heterocycles. The molecule has 1 saturated carbocycles. The molecule has 2 aromatic heterocycles. The first-order valence-electron chi connectivity index (χ1n) is 12.3. The van der Waals surface area contributed by atoms with Crippen LogP contribution in [0.4, 0.5) is 16.2 Å². The number of halogens is 2. The normalized spacial score (nSPS) is 24.4. The van der Waals surface area contributed by atoms with E-state index in [9.17, 15) is 4.39 Å². The monoisotopic (exact) mass is 513 g/mol. The van der Waals surface area contributed by atoms with Crippen molar-refractivity contribution in [2.45, 2.75) is 39.3 Å². The van der Waals surface area contributed by atoms with Crippen molar-refractivity contribution in [3.05, 3.63) is 47.1 Å². The lowest BCUT2D eigenvalue weighted by Crippen LogP contribution is -2.48. The Morgan fingerprint density at radius 2 is 1.94 bits per heavy atom. The van der Waals surface area contributed by atoms with E-state index < -0.39 is 5.82 Å². The van der Waals surface area contributed by atoms with E-state index in [0.29, 0.717) is 43.6 Å². The lowest BCUT2D eigenvalue weighted by atomic mass is 9.89. The van der Waals surface area contributed by atoms with Gasteiger partial charge >= 0.3 is 6.01 Å². The van der Waals surface area contributed by atoms with E-state index in [4.69, 9.17) is 26.2 Å². The van der Waals surface area contributed by atoms with Crippen molar-refractivity contribution in [1.82, 2.24) is 24.7 Å². The highest BCUT2D eigenvalue weighted by molar-refractivity contribution is 6.30. The molecule has 0 radical (unpaired) electrons. The van der Waals surface area contributed by atoms with Crippen LogP contribution in [0.3, 0.4) is 0 Å². The highest BCUT2D eigenvalue weighted by Gasteiger charge is 2.43. The van der Waals surface area contributed by atoms with Gasteiger partial charge in [0.2, 0.25) is 5.95 Å². The quantitative estimate of drug-likeness (QED) is 0.499. The maximum atomic E-state index is 13.9. The van der Waals surface area contributed by atoms with Gasteiger partial charge in [0.05, 0.1) is 19.8 Å². The topological polar surface area (TPSA) is 90.2 Å². The second-order valence-electron chi connectivity index (χ2n) is 10.6. The molecule has 1 N–H and O–H groups in total. The highest BCUT2D eigenvalue weighted by Crippen LogP contribution is 2.40. The molecule has 11 heteroatoms. The zero-order valence-corrected chi connectivity index (χ0v) is 21.1. The van der Waals surface area contributed by atoms with E-state index in [1.165, 1.54) is 12.1 Å². The van der Waals surface area contributed by atoms with Crippen molar-refractivity contribution in [2.24, 2.45) is 17.3 Å². The third kappa shape index (κ3) is 4.71. The number of nitrogens with one attached hydrogen (secondary N) is 1. The van der Waals surface area contributed by atoms with Crippen molar-refractivity contribution in [3.63, 3.8) is 0 Å². The number of ether oxygens (including phenoxy) is 2. The Morgan fingerprint density at radius 3 is 2.61 bits per heavy atom. The van der Waals surface area contributed by atoms with Crippen molar-refractivity contribution in [1.29, 1.82) is 0 Å². The summed E-state index contributed by atoms with van der Waals surface area (Å²) >= 11 is 6.03. The maximum absolute atomic E-state index is 13.9. The number of rotatable bonds is 7. The van der Waals surface area contributed by atoms with Crippen LogP contribution in [-0.4, -0.2) is 57.1 Å². The van der Waals surface area contributed by atoms with Crippen LogP contribution in [0.2, 0.25) is 5.02 Å². The molecule has 4 heterocycles. The molecular formula is C25H29ClFN7O2. The van der Waals surface area contributed by atoms with Gasteiger partial charge < -0.3 is 19.7 Å². The van der Waals surface area contributed by atoms with Gasteiger partial charge in [0.1, 0.15) is 23.7 Å². The summed E-state index contributed by atoms with van der Waals surface area (Å²) in [4.78, 5) is 15.7. The van der Waals surface area contributed by atoms with Gasteiger partial charge in [-0.05, 0) is 43.7 Å². The second-order valence-corrected chi connectivity index (χ2v) is 11.0. The van der Waals surface area contributed by atoms with E-state index in [1.54, 1.807) is 17.1 Å². The Labute approximate surface area is 214 Å². The molecule has 36 heavy (non-hydrogen) atoms. The van der Waals surface area contributed by atoms with Gasteiger partial charge in [-0.2, -0.15) is 4.98 Å². The third-order valence-corrected chi connectivity index (χ3v) is 7.58. The minimum Gasteiger partial charge on any atom is -0.424 e. The molecule has 0 amide bonds. The van der Waals surface area contributed by atoms with E-state index in [1.807, 2.05) is 13.0 Å². The lowest BCUT2D eigenvalue weighted by Gasteiger charge is -2.38. The number of aromatic nitrogens is 5. The van der Waals surface area contributed by atoms with Crippen LogP contribution in [0.25, 0.3) is 0 Å². The number of hydrogen-bond acceptors (Lipinski definition) is 8. The summed E-state index contributed by atoms with van der Waals surface area (Å²) in [6, 6.07) is 6.70. The Kier molecular flexibility index (Phi) is 5.95. The number of piperidine rings is 1. The number of nitrogens with zero attached hydrogens (tertiary/aromatic N) is 6. The second kappa shape index (κ2) is 9.15. The van der Waals surface area contributed by atoms with Crippen LogP contribution in [0.15, 0.2) is 30.6 Å². The van der Waals surface area contributed by atoms with Crippen molar-refractivity contribution in [2.75, 3.05) is 36.5 Å². The van der Waals surface area contributed by atoms with Crippen molar-refractivity contribution >= 4 is 23.4 Å². The summed E-state index contributed by atoms with van der Waals surface area (Å²) in [6.07, 6.45) is 3.92. The van der Waals surface area contributed by atoms with Crippen LogP contribution >= 0.6 is 11.6 Å². The Bertz CT molecular complexity index is 1230. The highest BCUT2D eigenvalue weighted by atomic mass is 35.5. The van der Waals surface area contributed by atoms with Crippen LogP contribution < -0.4 is 15.0 Å². The fourth-order valence-corrected chi connectivity index (χ4v) is 5.78. The fourth-order valence-electron chi connectivity index (χ4n) is 5.57. The first-order valence-corrected chi connectivity index (χ1v) is 12.7. The number of aryl methyl sites for hydroxylation is 1. The van der Waals surface area contributed by atoms with Crippen LogP contribution in [0.1, 0.15) is 25.5 Å². The van der Waals surface area contributed by atoms with Crippen LogP contribution in [-0.2, 0) is 11.3 Å². The first-order chi connectivity index (χ1) is 17.3. The van der Waals surface area contributed by atoms with Crippen LogP contribution in [0.5, 0.6) is 11.8 Å². The summed E-state index contributed by atoms with van der Waals surface area (Å²) in [7, 11) is 0. The largest absolute Gasteiger partial charge is 0.424 e. The number of fused-ring (bicyclic) bond motifs is 2. The average molecular weight is 514 g/mol. The average Bonchev–Trinajstić information content (AvgIpc) is 3.26. The molecule has 190 valence electrons. The number of anilines is 2. The minimum atomic E-state index is -0.469. The molecule has 2 saturated heterocycles. The molecule has 1 aliphatic carbocycles. The van der Waals surface area contributed by atoms with E-state index >= 15 is 0 Å². The Hall–Kier alpha value is -2.98. The number of hydrogen-bond donors (Lipinski definition) is 1. The van der Waals surface area contributed by atoms with Gasteiger partial charge in [-0.25, -0.2) is 19.0 Å². The summed E-state index contributed by atoms with van der Waals surface area (Å²) < 4.78 is 27.0. The van der Waals surface area contributed by atoms with Gasteiger partial charge in [-0.3, -0.25) is 0 Å². The maximum Gasteiger partial charge on any atom is 0.322 e. The summed E-state index contributed by atoms with van der Waals surface area (Å²) in [5.41, 5.74) is 0.919. The standard InChI is InChI=1S/C25H29ClFN7O2/c1-15-5-21(29-14-28-15)33-9-16-3-4-17(10-33)22(16)30-23-31-24(34(32-23)11-25(2)12-35-13-25)36-20-7-18(26)6-19(27)8-20/h5-8,14,16-17,22H,3-4,9-13H2,1-2H3,(H,30,32)/t16-,17+,22+. The Morgan fingerprint density at radius 1 is 1.17 bits per heavy atom. The van der Waals surface area contributed by atoms with Crippen molar-refractivity contribution < 1.29 is 13.9 Å². The molecule has 0 unspecified atom stereocenters. The molecule has 0 spiro atoms. The Balaban J connectivity index is 1.22. The van der Waals surface area contributed by atoms with Crippen LogP contribution in [0, 0.1) is 30.0 Å².